The van der Waals surface area contributed by atoms with Crippen molar-refractivity contribution in [1.82, 2.24) is 0 Å². The lowest BCUT2D eigenvalue weighted by molar-refractivity contribution is 0.599. The molecule has 0 aliphatic rings. The van der Waals surface area contributed by atoms with Crippen molar-refractivity contribution in [3.63, 3.8) is 0 Å². The maximum Gasteiger partial charge on any atom is 0.168 e. The molecular weight excluding hydrogens is 215 g/mol. The second-order valence-corrected chi connectivity index (χ2v) is 5.27. The highest BCUT2D eigenvalue weighted by molar-refractivity contribution is 7.91. The van der Waals surface area contributed by atoms with Crippen LogP contribution in [0.3, 0.4) is 0 Å². The highest BCUT2D eigenvalue weighted by Crippen LogP contribution is 2.08. The Labute approximate surface area is 81.3 Å². The van der Waals surface area contributed by atoms with Crippen LogP contribution in [0.2, 0.25) is 0 Å². The van der Waals surface area contributed by atoms with Crippen LogP contribution in [0.4, 0.5) is 4.39 Å². The Hall–Kier alpha value is -0.610. The van der Waals surface area contributed by atoms with E-state index < -0.39 is 15.0 Å². The van der Waals surface area contributed by atoms with Gasteiger partial charge in [-0.05, 0) is 17.7 Å². The van der Waals surface area contributed by atoms with Crippen LogP contribution in [0.1, 0.15) is 5.56 Å². The second-order valence-electron chi connectivity index (χ2n) is 2.62. The lowest BCUT2D eigenvalue weighted by Crippen LogP contribution is -2.04. The molecule has 0 aliphatic carbocycles. The van der Waals surface area contributed by atoms with Gasteiger partial charge in [0.15, 0.2) is 9.84 Å². The minimum Gasteiger partial charge on any atom is -0.227 e. The van der Waals surface area contributed by atoms with E-state index in [1.807, 2.05) is 0 Å². The largest absolute Gasteiger partial charge is 0.227 e. The predicted octanol–water partition coefficient (Wildman–Crippen LogP) is 1.94. The van der Waals surface area contributed by atoms with Crippen LogP contribution in [0, 0.1) is 5.82 Å². The topological polar surface area (TPSA) is 34.1 Å². The predicted molar refractivity (Wildman–Crippen MR) is 49.7 cm³/mol. The van der Waals surface area contributed by atoms with Gasteiger partial charge in [0, 0.05) is 0 Å². The molecule has 0 radical (unpaired) electrons. The summed E-state index contributed by atoms with van der Waals surface area (Å²) in [6.07, 6.45) is 0. The monoisotopic (exact) mass is 222 g/mol. The molecule has 0 aromatic heterocycles. The zero-order valence-corrected chi connectivity index (χ0v) is 8.28. The van der Waals surface area contributed by atoms with E-state index in [0.717, 1.165) is 0 Å². The van der Waals surface area contributed by atoms with Gasteiger partial charge in [-0.15, -0.1) is 11.6 Å². The van der Waals surface area contributed by atoms with E-state index in [4.69, 9.17) is 11.6 Å². The molecule has 1 rings (SSSR count). The van der Waals surface area contributed by atoms with Crippen LogP contribution < -0.4 is 0 Å². The van der Waals surface area contributed by atoms with Crippen LogP contribution in [0.5, 0.6) is 0 Å². The summed E-state index contributed by atoms with van der Waals surface area (Å²) in [5, 5.41) is -0.412. The molecule has 1 aromatic rings. The lowest BCUT2D eigenvalue weighted by atomic mass is 10.2. The number of hydrogen-bond donors (Lipinski definition) is 0. The van der Waals surface area contributed by atoms with Crippen molar-refractivity contribution in [2.45, 2.75) is 5.75 Å². The summed E-state index contributed by atoms with van der Waals surface area (Å²) in [5.74, 6) is -0.524. The first-order valence-corrected chi connectivity index (χ1v) is 5.90. The Bertz CT molecular complexity index is 372. The summed E-state index contributed by atoms with van der Waals surface area (Å²) in [6.45, 7) is 0. The van der Waals surface area contributed by atoms with E-state index in [-0.39, 0.29) is 11.6 Å². The van der Waals surface area contributed by atoms with Gasteiger partial charge in [-0.3, -0.25) is 0 Å². The minimum atomic E-state index is -3.24. The molecule has 1 aromatic carbocycles. The molecule has 13 heavy (non-hydrogen) atoms. The number of halogens is 2. The molecule has 0 heterocycles. The van der Waals surface area contributed by atoms with E-state index in [2.05, 4.69) is 0 Å². The fourth-order valence-corrected chi connectivity index (χ4v) is 1.88. The van der Waals surface area contributed by atoms with Gasteiger partial charge >= 0.3 is 0 Å². The molecule has 0 spiro atoms. The van der Waals surface area contributed by atoms with Gasteiger partial charge in [-0.2, -0.15) is 0 Å². The molecule has 0 aliphatic heterocycles. The molecule has 0 fully saturated rings. The normalized spacial score (nSPS) is 11.5. The van der Waals surface area contributed by atoms with E-state index in [1.165, 1.54) is 24.3 Å². The van der Waals surface area contributed by atoms with Crippen LogP contribution in [-0.4, -0.2) is 13.6 Å². The highest BCUT2D eigenvalue weighted by Gasteiger charge is 2.09. The quantitative estimate of drug-likeness (QED) is 0.733. The van der Waals surface area contributed by atoms with Gasteiger partial charge in [0.1, 0.15) is 11.0 Å². The summed E-state index contributed by atoms with van der Waals surface area (Å²) >= 11 is 5.21. The van der Waals surface area contributed by atoms with E-state index in [1.54, 1.807) is 0 Å². The van der Waals surface area contributed by atoms with Crippen molar-refractivity contribution in [2.24, 2.45) is 0 Å². The Morgan fingerprint density at radius 1 is 1.23 bits per heavy atom. The number of benzene rings is 1. The summed E-state index contributed by atoms with van der Waals surface area (Å²) < 4.78 is 34.5. The molecule has 0 atom stereocenters. The minimum absolute atomic E-state index is 0.142. The molecule has 0 amide bonds. The standard InChI is InChI=1S/C8H8ClFO2S/c9-6-13(11,12)5-7-1-3-8(10)4-2-7/h1-4H,5-6H2. The van der Waals surface area contributed by atoms with Crippen molar-refractivity contribution in [3.05, 3.63) is 35.6 Å². The number of rotatable bonds is 3. The number of sulfone groups is 1. The fraction of sp³-hybridized carbons (Fsp3) is 0.250. The van der Waals surface area contributed by atoms with Gasteiger partial charge < -0.3 is 0 Å². The van der Waals surface area contributed by atoms with Crippen LogP contribution in [0.15, 0.2) is 24.3 Å². The first kappa shape index (κ1) is 10.5. The van der Waals surface area contributed by atoms with Crippen molar-refractivity contribution in [3.8, 4) is 0 Å². The van der Waals surface area contributed by atoms with E-state index in [0.29, 0.717) is 5.56 Å². The molecule has 0 unspecified atom stereocenters. The van der Waals surface area contributed by atoms with Crippen molar-refractivity contribution >= 4 is 21.4 Å². The summed E-state index contributed by atoms with van der Waals surface area (Å²) in [4.78, 5) is 0. The molecule has 0 bridgehead atoms. The third kappa shape index (κ3) is 3.32. The molecule has 0 N–H and O–H groups in total. The Morgan fingerprint density at radius 3 is 2.23 bits per heavy atom. The molecule has 5 heteroatoms. The molecule has 0 saturated heterocycles. The summed E-state index contributed by atoms with van der Waals surface area (Å²) in [6, 6.07) is 5.30. The zero-order chi connectivity index (χ0) is 9.90. The second kappa shape index (κ2) is 4.07. The highest BCUT2D eigenvalue weighted by atomic mass is 35.5. The van der Waals surface area contributed by atoms with Crippen LogP contribution in [0.25, 0.3) is 0 Å². The number of alkyl halides is 1. The van der Waals surface area contributed by atoms with Gasteiger partial charge in [0.25, 0.3) is 0 Å². The van der Waals surface area contributed by atoms with E-state index >= 15 is 0 Å². The van der Waals surface area contributed by atoms with Gasteiger partial charge in [-0.25, -0.2) is 12.8 Å². The first-order chi connectivity index (χ1) is 6.03. The maximum absolute atomic E-state index is 12.4. The zero-order valence-electron chi connectivity index (χ0n) is 6.70. The van der Waals surface area contributed by atoms with Crippen LogP contribution in [-0.2, 0) is 15.6 Å². The molecule has 2 nitrogen and oxygen atoms in total. The van der Waals surface area contributed by atoms with Gasteiger partial charge in [0.2, 0.25) is 0 Å². The summed E-state index contributed by atoms with van der Waals surface area (Å²) in [5.41, 5.74) is 0.544. The molecular formula is C8H8ClFO2S. The Kier molecular flexibility index (Phi) is 3.27. The van der Waals surface area contributed by atoms with Crippen LogP contribution >= 0.6 is 11.6 Å². The molecule has 0 saturated carbocycles. The van der Waals surface area contributed by atoms with Gasteiger partial charge in [0.05, 0.1) is 5.75 Å². The van der Waals surface area contributed by atoms with Gasteiger partial charge in [-0.1, -0.05) is 12.1 Å². The Balaban J connectivity index is 2.82. The Morgan fingerprint density at radius 2 is 1.77 bits per heavy atom. The number of hydrogen-bond acceptors (Lipinski definition) is 2. The van der Waals surface area contributed by atoms with Crippen molar-refractivity contribution in [1.29, 1.82) is 0 Å². The fourth-order valence-electron chi connectivity index (χ4n) is 0.873. The third-order valence-electron chi connectivity index (χ3n) is 1.47. The third-order valence-corrected chi connectivity index (χ3v) is 3.57. The smallest absolute Gasteiger partial charge is 0.168 e. The molecule has 72 valence electrons. The van der Waals surface area contributed by atoms with Crippen molar-refractivity contribution in [2.75, 3.05) is 5.21 Å². The lowest BCUT2D eigenvalue weighted by Gasteiger charge is -1.99. The van der Waals surface area contributed by atoms with Crippen molar-refractivity contribution < 1.29 is 12.8 Å². The SMILES string of the molecule is O=S(=O)(CCl)Cc1ccc(F)cc1. The average Bonchev–Trinajstić information content (AvgIpc) is 2.09. The summed E-state index contributed by atoms with van der Waals surface area (Å²) in [7, 11) is -3.24. The average molecular weight is 223 g/mol. The first-order valence-electron chi connectivity index (χ1n) is 3.54. The maximum atomic E-state index is 12.4. The van der Waals surface area contributed by atoms with E-state index in [9.17, 15) is 12.8 Å².